The maximum atomic E-state index is 12.6. The summed E-state index contributed by atoms with van der Waals surface area (Å²) in [5.41, 5.74) is 4.40. The number of hydrogen-bond donors (Lipinski definition) is 1. The smallest absolute Gasteiger partial charge is 0.345 e. The highest BCUT2D eigenvalue weighted by atomic mass is 16.3. The SMILES string of the molecule is CN1CC2=C3CCC4C(CO)C4CCC3C(C3=NCCC=C3)=NN2C1=O. The summed E-state index contributed by atoms with van der Waals surface area (Å²) in [5.74, 6) is 2.08. The predicted molar refractivity (Wildman–Crippen MR) is 99.9 cm³/mol. The zero-order valence-corrected chi connectivity index (χ0v) is 15.3. The summed E-state index contributed by atoms with van der Waals surface area (Å²) in [6.07, 6.45) is 9.51. The number of aliphatic imine (C=N–C) groups is 1. The number of hydrazone groups is 1. The van der Waals surface area contributed by atoms with Crippen LogP contribution in [0.25, 0.3) is 0 Å². The number of nitrogens with zero attached hydrogens (tertiary/aromatic N) is 4. The molecule has 0 aromatic rings. The molecule has 4 atom stereocenters. The Balaban J connectivity index is 1.54. The van der Waals surface area contributed by atoms with Gasteiger partial charge in [-0.05, 0) is 61.5 Å². The Kier molecular flexibility index (Phi) is 3.78. The fourth-order valence-electron chi connectivity index (χ4n) is 5.39. The van der Waals surface area contributed by atoms with Gasteiger partial charge in [0.05, 0.1) is 23.7 Å². The van der Waals surface area contributed by atoms with Crippen LogP contribution in [0.2, 0.25) is 0 Å². The standard InChI is InChI=1S/C20H26N4O2/c1-23-10-18-14-7-5-12-13(16(12)11-25)6-8-15(14)19(22-24(18)20(23)26)17-4-2-3-9-21-17/h2,4,12-13,15-16,25H,3,5-11H2,1H3. The van der Waals surface area contributed by atoms with E-state index in [9.17, 15) is 9.90 Å². The molecular weight excluding hydrogens is 328 g/mol. The Labute approximate surface area is 154 Å². The summed E-state index contributed by atoms with van der Waals surface area (Å²) in [7, 11) is 1.85. The van der Waals surface area contributed by atoms with Crippen LogP contribution in [0.15, 0.2) is 33.5 Å². The first-order valence-corrected chi connectivity index (χ1v) is 9.87. The molecule has 0 spiro atoms. The van der Waals surface area contributed by atoms with Crippen LogP contribution < -0.4 is 0 Å². The highest BCUT2D eigenvalue weighted by Gasteiger charge is 2.51. The van der Waals surface area contributed by atoms with E-state index in [1.54, 1.807) is 9.91 Å². The van der Waals surface area contributed by atoms with Gasteiger partial charge in [-0.25, -0.2) is 4.79 Å². The zero-order valence-electron chi connectivity index (χ0n) is 15.3. The molecule has 6 heteroatoms. The largest absolute Gasteiger partial charge is 0.396 e. The van der Waals surface area contributed by atoms with Crippen molar-refractivity contribution in [3.63, 3.8) is 0 Å². The van der Waals surface area contributed by atoms with Crippen LogP contribution in [-0.4, -0.2) is 59.2 Å². The van der Waals surface area contributed by atoms with Gasteiger partial charge >= 0.3 is 6.03 Å². The van der Waals surface area contributed by atoms with Crippen LogP contribution in [0.3, 0.4) is 0 Å². The number of hydrogen-bond acceptors (Lipinski definition) is 4. The van der Waals surface area contributed by atoms with Gasteiger partial charge in [0.15, 0.2) is 0 Å². The van der Waals surface area contributed by atoms with E-state index in [-0.39, 0.29) is 11.9 Å². The molecule has 2 aliphatic carbocycles. The number of dihydropyridines is 1. The molecule has 0 radical (unpaired) electrons. The van der Waals surface area contributed by atoms with E-state index in [1.807, 2.05) is 7.05 Å². The van der Waals surface area contributed by atoms with Crippen LogP contribution in [0, 0.1) is 23.7 Å². The lowest BCUT2D eigenvalue weighted by atomic mass is 9.79. The monoisotopic (exact) mass is 354 g/mol. The minimum absolute atomic E-state index is 0.0385. The molecule has 2 saturated carbocycles. The van der Waals surface area contributed by atoms with Gasteiger partial charge in [0.25, 0.3) is 0 Å². The average Bonchev–Trinajstić information content (AvgIpc) is 3.24. The number of urea groups is 1. The molecule has 1 N–H and O–H groups in total. The summed E-state index contributed by atoms with van der Waals surface area (Å²) in [4.78, 5) is 19.0. The Hall–Kier alpha value is -1.95. The summed E-state index contributed by atoms with van der Waals surface area (Å²) in [6.45, 7) is 1.77. The van der Waals surface area contributed by atoms with Gasteiger partial charge in [0, 0.05) is 26.1 Å². The first-order chi connectivity index (χ1) is 12.7. The molecule has 1 saturated heterocycles. The number of aliphatic hydroxyl groups excluding tert-OH is 1. The molecular formula is C20H26N4O2. The van der Waals surface area contributed by atoms with E-state index in [2.05, 4.69) is 12.2 Å². The number of amides is 2. The van der Waals surface area contributed by atoms with Crippen molar-refractivity contribution >= 4 is 17.5 Å². The normalized spacial score (nSPS) is 36.0. The average molecular weight is 354 g/mol. The lowest BCUT2D eigenvalue weighted by Crippen LogP contribution is -2.36. The molecule has 0 aromatic carbocycles. The molecule has 138 valence electrons. The number of rotatable bonds is 2. The van der Waals surface area contributed by atoms with E-state index < -0.39 is 0 Å². The molecule has 5 rings (SSSR count). The third kappa shape index (κ3) is 2.38. The maximum Gasteiger partial charge on any atom is 0.345 e. The van der Waals surface area contributed by atoms with Crippen LogP contribution in [0.1, 0.15) is 32.1 Å². The van der Waals surface area contributed by atoms with Gasteiger partial charge in [-0.15, -0.1) is 0 Å². The highest BCUT2D eigenvalue weighted by molar-refractivity contribution is 6.48. The Morgan fingerprint density at radius 2 is 2.12 bits per heavy atom. The van der Waals surface area contributed by atoms with Crippen molar-refractivity contribution in [1.29, 1.82) is 0 Å². The summed E-state index contributed by atoms with van der Waals surface area (Å²) < 4.78 is 0. The quantitative estimate of drug-likeness (QED) is 0.827. The second kappa shape index (κ2) is 6.05. The minimum Gasteiger partial charge on any atom is -0.396 e. The Bertz CT molecular complexity index is 766. The molecule has 3 fully saturated rings. The minimum atomic E-state index is -0.0385. The maximum absolute atomic E-state index is 12.6. The zero-order chi connectivity index (χ0) is 17.8. The number of allylic oxidation sites excluding steroid dienone is 2. The third-order valence-electron chi connectivity index (χ3n) is 6.85. The van der Waals surface area contributed by atoms with Gasteiger partial charge in [0.1, 0.15) is 0 Å². The molecule has 2 amide bonds. The van der Waals surface area contributed by atoms with E-state index >= 15 is 0 Å². The number of carbonyl (C=O) groups excluding carboxylic acids is 1. The number of likely N-dealkylation sites (N-methyl/N-ethyl adjacent to an activating group) is 1. The number of fused-ring (bicyclic) bond motifs is 3. The van der Waals surface area contributed by atoms with Crippen LogP contribution >= 0.6 is 0 Å². The van der Waals surface area contributed by atoms with Gasteiger partial charge in [-0.1, -0.05) is 6.08 Å². The van der Waals surface area contributed by atoms with Crippen LogP contribution in [0.5, 0.6) is 0 Å². The summed E-state index contributed by atoms with van der Waals surface area (Å²) >= 11 is 0. The van der Waals surface area contributed by atoms with Crippen molar-refractivity contribution in [2.45, 2.75) is 32.1 Å². The van der Waals surface area contributed by atoms with Crippen LogP contribution in [0.4, 0.5) is 4.79 Å². The Morgan fingerprint density at radius 3 is 2.88 bits per heavy atom. The molecule has 3 aliphatic heterocycles. The van der Waals surface area contributed by atoms with Crippen molar-refractivity contribution in [2.75, 3.05) is 26.7 Å². The molecule has 5 aliphatic rings. The lowest BCUT2D eigenvalue weighted by Gasteiger charge is -2.32. The summed E-state index contributed by atoms with van der Waals surface area (Å²) in [6, 6.07) is -0.0385. The third-order valence-corrected chi connectivity index (χ3v) is 6.85. The van der Waals surface area contributed by atoms with E-state index in [0.29, 0.717) is 30.9 Å². The number of aliphatic hydroxyl groups is 1. The van der Waals surface area contributed by atoms with Gasteiger partial charge in [-0.3, -0.25) is 4.99 Å². The molecule has 3 heterocycles. The number of carbonyl (C=O) groups is 1. The van der Waals surface area contributed by atoms with Gasteiger partial charge in [0.2, 0.25) is 0 Å². The van der Waals surface area contributed by atoms with E-state index in [1.165, 1.54) is 5.57 Å². The molecule has 0 bridgehead atoms. The van der Waals surface area contributed by atoms with Crippen molar-refractivity contribution in [3.8, 4) is 0 Å². The van der Waals surface area contributed by atoms with Crippen molar-refractivity contribution < 1.29 is 9.90 Å². The molecule has 26 heavy (non-hydrogen) atoms. The predicted octanol–water partition coefficient (Wildman–Crippen LogP) is 2.42. The lowest BCUT2D eigenvalue weighted by molar-refractivity contribution is 0.202. The first kappa shape index (κ1) is 16.2. The molecule has 4 unspecified atom stereocenters. The second-order valence-electron chi connectivity index (χ2n) is 8.21. The summed E-state index contributed by atoms with van der Waals surface area (Å²) in [5, 5.41) is 16.1. The van der Waals surface area contributed by atoms with E-state index in [0.717, 1.165) is 55.8 Å². The molecule has 0 aromatic heterocycles. The fraction of sp³-hybridized carbons (Fsp3) is 0.650. The van der Waals surface area contributed by atoms with Gasteiger partial charge in [-0.2, -0.15) is 10.1 Å². The Morgan fingerprint density at radius 1 is 1.27 bits per heavy atom. The van der Waals surface area contributed by atoms with Crippen LogP contribution in [-0.2, 0) is 0 Å². The van der Waals surface area contributed by atoms with E-state index in [4.69, 9.17) is 10.1 Å². The second-order valence-corrected chi connectivity index (χ2v) is 8.21. The highest BCUT2D eigenvalue weighted by Crippen LogP contribution is 2.55. The first-order valence-electron chi connectivity index (χ1n) is 9.87. The van der Waals surface area contributed by atoms with Crippen molar-refractivity contribution in [2.24, 2.45) is 33.8 Å². The van der Waals surface area contributed by atoms with Crippen molar-refractivity contribution in [1.82, 2.24) is 9.91 Å². The fourth-order valence-corrected chi connectivity index (χ4v) is 5.39. The molecule has 6 nitrogen and oxygen atoms in total. The van der Waals surface area contributed by atoms with Gasteiger partial charge < -0.3 is 10.0 Å². The van der Waals surface area contributed by atoms with Crippen molar-refractivity contribution in [3.05, 3.63) is 23.4 Å². The topological polar surface area (TPSA) is 68.5 Å².